The number of aromatic amines is 1. The second kappa shape index (κ2) is 8.33. The highest BCUT2D eigenvalue weighted by atomic mass is 32.2. The number of para-hydroxylation sites is 1. The topological polar surface area (TPSA) is 82.3 Å². The van der Waals surface area contributed by atoms with E-state index in [9.17, 15) is 13.2 Å². The van der Waals surface area contributed by atoms with Gasteiger partial charge in [0.25, 0.3) is 0 Å². The SMILES string of the molecule is CS(=O)(=O)NCCN1CCC(CCC(=O)c2c[nH]c3ccccc23)CC1. The van der Waals surface area contributed by atoms with E-state index in [0.29, 0.717) is 18.9 Å². The lowest BCUT2D eigenvalue weighted by atomic mass is 9.90. The van der Waals surface area contributed by atoms with Crippen molar-refractivity contribution in [2.75, 3.05) is 32.4 Å². The molecule has 0 aliphatic carbocycles. The molecule has 1 aromatic carbocycles. The molecule has 142 valence electrons. The van der Waals surface area contributed by atoms with Gasteiger partial charge < -0.3 is 9.88 Å². The number of carbonyl (C=O) groups is 1. The average molecular weight is 378 g/mol. The highest BCUT2D eigenvalue weighted by molar-refractivity contribution is 7.88. The largest absolute Gasteiger partial charge is 0.360 e. The van der Waals surface area contributed by atoms with Crippen molar-refractivity contribution in [2.24, 2.45) is 5.92 Å². The number of ketones is 1. The number of likely N-dealkylation sites (tertiary alicyclic amines) is 1. The number of hydrogen-bond donors (Lipinski definition) is 2. The van der Waals surface area contributed by atoms with Crippen LogP contribution >= 0.6 is 0 Å². The maximum absolute atomic E-state index is 12.6. The summed E-state index contributed by atoms with van der Waals surface area (Å²) < 4.78 is 24.7. The van der Waals surface area contributed by atoms with Crippen molar-refractivity contribution < 1.29 is 13.2 Å². The van der Waals surface area contributed by atoms with Crippen LogP contribution in [0.4, 0.5) is 0 Å². The first-order valence-corrected chi connectivity index (χ1v) is 11.1. The number of H-pyrrole nitrogens is 1. The summed E-state index contributed by atoms with van der Waals surface area (Å²) in [6.07, 6.45) is 6.66. The molecule has 0 bridgehead atoms. The number of nitrogens with one attached hydrogen (secondary N) is 2. The van der Waals surface area contributed by atoms with E-state index in [-0.39, 0.29) is 5.78 Å². The fraction of sp³-hybridized carbons (Fsp3) is 0.526. The predicted octanol–water partition coefficient (Wildman–Crippen LogP) is 2.39. The second-order valence-corrected chi connectivity index (χ2v) is 8.99. The Morgan fingerprint density at radius 1 is 1.27 bits per heavy atom. The van der Waals surface area contributed by atoms with Gasteiger partial charge >= 0.3 is 0 Å². The highest BCUT2D eigenvalue weighted by Crippen LogP contribution is 2.25. The number of piperidine rings is 1. The van der Waals surface area contributed by atoms with E-state index in [2.05, 4.69) is 14.6 Å². The molecule has 2 aromatic rings. The summed E-state index contributed by atoms with van der Waals surface area (Å²) >= 11 is 0. The fourth-order valence-electron chi connectivity index (χ4n) is 3.66. The van der Waals surface area contributed by atoms with Gasteiger partial charge in [-0.05, 0) is 44.3 Å². The van der Waals surface area contributed by atoms with Crippen LogP contribution < -0.4 is 4.72 Å². The summed E-state index contributed by atoms with van der Waals surface area (Å²) in [5.74, 6) is 0.783. The van der Waals surface area contributed by atoms with E-state index in [0.717, 1.165) is 55.4 Å². The third-order valence-electron chi connectivity index (χ3n) is 5.17. The minimum absolute atomic E-state index is 0.210. The molecule has 7 heteroatoms. The molecule has 0 amide bonds. The molecule has 6 nitrogen and oxygen atoms in total. The number of aromatic nitrogens is 1. The van der Waals surface area contributed by atoms with Gasteiger partial charge in [0.05, 0.1) is 6.26 Å². The molecule has 0 saturated carbocycles. The number of sulfonamides is 1. The van der Waals surface area contributed by atoms with Gasteiger partial charge in [0.2, 0.25) is 10.0 Å². The molecule has 2 heterocycles. The molecule has 26 heavy (non-hydrogen) atoms. The number of nitrogens with zero attached hydrogens (tertiary/aromatic N) is 1. The molecule has 0 radical (unpaired) electrons. The molecule has 1 aliphatic heterocycles. The Balaban J connectivity index is 1.42. The Hall–Kier alpha value is -1.70. The van der Waals surface area contributed by atoms with Crippen molar-refractivity contribution in [1.82, 2.24) is 14.6 Å². The molecule has 1 saturated heterocycles. The number of rotatable bonds is 8. The van der Waals surface area contributed by atoms with Crippen LogP contribution in [0.3, 0.4) is 0 Å². The number of fused-ring (bicyclic) bond motifs is 1. The quantitative estimate of drug-likeness (QED) is 0.692. The minimum Gasteiger partial charge on any atom is -0.360 e. The normalized spacial score (nSPS) is 17.0. The Kier molecular flexibility index (Phi) is 6.11. The standard InChI is InChI=1S/C19H27N3O3S/c1-26(24,25)21-10-13-22-11-8-15(9-12-22)6-7-19(23)17-14-20-18-5-3-2-4-16(17)18/h2-5,14-15,20-21H,6-13H2,1H3. The molecule has 1 aliphatic rings. The maximum atomic E-state index is 12.6. The summed E-state index contributed by atoms with van der Waals surface area (Å²) in [6.45, 7) is 3.14. The van der Waals surface area contributed by atoms with Gasteiger partial charge in [0, 0.05) is 42.2 Å². The first kappa shape index (κ1) is 19.1. The molecular weight excluding hydrogens is 350 g/mol. The molecule has 1 fully saturated rings. The van der Waals surface area contributed by atoms with Crippen molar-refractivity contribution >= 4 is 26.7 Å². The van der Waals surface area contributed by atoms with Crippen LogP contribution in [0.15, 0.2) is 30.5 Å². The summed E-state index contributed by atoms with van der Waals surface area (Å²) in [6, 6.07) is 7.90. The van der Waals surface area contributed by atoms with E-state index >= 15 is 0 Å². The van der Waals surface area contributed by atoms with E-state index in [1.165, 1.54) is 6.26 Å². The highest BCUT2D eigenvalue weighted by Gasteiger charge is 2.21. The summed E-state index contributed by atoms with van der Waals surface area (Å²) in [4.78, 5) is 18.0. The zero-order chi connectivity index (χ0) is 18.6. The van der Waals surface area contributed by atoms with Gasteiger partial charge in [-0.1, -0.05) is 18.2 Å². The van der Waals surface area contributed by atoms with Crippen molar-refractivity contribution in [3.63, 3.8) is 0 Å². The number of Topliss-reactive ketones (excluding diaryl/α,β-unsaturated/α-hetero) is 1. The van der Waals surface area contributed by atoms with Crippen LogP contribution in [-0.2, 0) is 10.0 Å². The zero-order valence-corrected chi connectivity index (χ0v) is 16.0. The maximum Gasteiger partial charge on any atom is 0.208 e. The molecule has 2 N–H and O–H groups in total. The third-order valence-corrected chi connectivity index (χ3v) is 5.90. The Morgan fingerprint density at radius 2 is 2.00 bits per heavy atom. The van der Waals surface area contributed by atoms with Crippen LogP contribution in [0, 0.1) is 5.92 Å². The van der Waals surface area contributed by atoms with Gasteiger partial charge in [0.1, 0.15) is 0 Å². The fourth-order valence-corrected chi connectivity index (χ4v) is 4.12. The van der Waals surface area contributed by atoms with E-state index < -0.39 is 10.0 Å². The van der Waals surface area contributed by atoms with Gasteiger partial charge in [-0.25, -0.2) is 13.1 Å². The summed E-state index contributed by atoms with van der Waals surface area (Å²) in [5, 5.41) is 1.01. The van der Waals surface area contributed by atoms with Crippen LogP contribution in [0.25, 0.3) is 10.9 Å². The van der Waals surface area contributed by atoms with Gasteiger partial charge in [0.15, 0.2) is 5.78 Å². The Morgan fingerprint density at radius 3 is 2.73 bits per heavy atom. The van der Waals surface area contributed by atoms with Crippen LogP contribution in [0.1, 0.15) is 36.0 Å². The van der Waals surface area contributed by atoms with Crippen molar-refractivity contribution in [1.29, 1.82) is 0 Å². The minimum atomic E-state index is -3.11. The van der Waals surface area contributed by atoms with Crippen LogP contribution in [-0.4, -0.2) is 56.5 Å². The number of benzene rings is 1. The first-order valence-electron chi connectivity index (χ1n) is 9.19. The molecule has 1 aromatic heterocycles. The summed E-state index contributed by atoms with van der Waals surface area (Å²) in [7, 11) is -3.11. The van der Waals surface area contributed by atoms with Crippen LogP contribution in [0.5, 0.6) is 0 Å². The van der Waals surface area contributed by atoms with Gasteiger partial charge in [-0.15, -0.1) is 0 Å². The average Bonchev–Trinajstić information content (AvgIpc) is 3.04. The lowest BCUT2D eigenvalue weighted by Gasteiger charge is -2.31. The van der Waals surface area contributed by atoms with Gasteiger partial charge in [-0.2, -0.15) is 0 Å². The third kappa shape index (κ3) is 5.16. The smallest absolute Gasteiger partial charge is 0.208 e. The van der Waals surface area contributed by atoms with Crippen molar-refractivity contribution in [3.05, 3.63) is 36.0 Å². The first-order chi connectivity index (χ1) is 12.4. The molecule has 0 unspecified atom stereocenters. The molecule has 0 atom stereocenters. The van der Waals surface area contributed by atoms with Gasteiger partial charge in [-0.3, -0.25) is 4.79 Å². The monoisotopic (exact) mass is 377 g/mol. The van der Waals surface area contributed by atoms with E-state index in [4.69, 9.17) is 0 Å². The van der Waals surface area contributed by atoms with Crippen molar-refractivity contribution in [3.8, 4) is 0 Å². The van der Waals surface area contributed by atoms with Crippen molar-refractivity contribution in [2.45, 2.75) is 25.7 Å². The second-order valence-electron chi connectivity index (χ2n) is 7.16. The Labute approximate surface area is 155 Å². The van der Waals surface area contributed by atoms with E-state index in [1.54, 1.807) is 0 Å². The molecular formula is C19H27N3O3S. The number of hydrogen-bond acceptors (Lipinski definition) is 4. The lowest BCUT2D eigenvalue weighted by molar-refractivity contribution is 0.0964. The number of carbonyl (C=O) groups excluding carboxylic acids is 1. The Bertz CT molecular complexity index is 852. The molecule has 3 rings (SSSR count). The lowest BCUT2D eigenvalue weighted by Crippen LogP contribution is -2.39. The molecule has 0 spiro atoms. The predicted molar refractivity (Wildman–Crippen MR) is 104 cm³/mol. The zero-order valence-electron chi connectivity index (χ0n) is 15.2. The van der Waals surface area contributed by atoms with Crippen LogP contribution in [0.2, 0.25) is 0 Å². The summed E-state index contributed by atoms with van der Waals surface area (Å²) in [5.41, 5.74) is 1.80. The van der Waals surface area contributed by atoms with E-state index in [1.807, 2.05) is 30.5 Å².